The Hall–Kier alpha value is -3.36. The van der Waals surface area contributed by atoms with Crippen LogP contribution in [0.15, 0.2) is 71.5 Å². The smallest absolute Gasteiger partial charge is 0.274 e. The maximum absolute atomic E-state index is 13.1. The summed E-state index contributed by atoms with van der Waals surface area (Å²) < 4.78 is 2.55. The second kappa shape index (κ2) is 9.25. The summed E-state index contributed by atoms with van der Waals surface area (Å²) in [6.45, 7) is 5.30. The zero-order valence-corrected chi connectivity index (χ0v) is 19.2. The van der Waals surface area contributed by atoms with Crippen molar-refractivity contribution in [2.75, 3.05) is 26.2 Å². The fourth-order valence-electron chi connectivity index (χ4n) is 4.13. The summed E-state index contributed by atoms with van der Waals surface area (Å²) in [5.74, 6) is -0.135. The molecule has 5 rings (SSSR count). The van der Waals surface area contributed by atoms with Crippen LogP contribution >= 0.6 is 11.3 Å². The van der Waals surface area contributed by atoms with Crippen LogP contribution in [-0.4, -0.2) is 56.7 Å². The molecule has 0 radical (unpaired) electrons. The number of thiazole rings is 1. The Morgan fingerprint density at radius 3 is 2.45 bits per heavy atom. The minimum atomic E-state index is -0.218. The third kappa shape index (κ3) is 4.58. The lowest BCUT2D eigenvalue weighted by Gasteiger charge is -2.37. The van der Waals surface area contributed by atoms with Crippen molar-refractivity contribution in [1.82, 2.24) is 24.6 Å². The summed E-state index contributed by atoms with van der Waals surface area (Å²) in [4.78, 5) is 34.3. The van der Waals surface area contributed by atoms with Gasteiger partial charge in [0.05, 0.1) is 22.8 Å². The van der Waals surface area contributed by atoms with E-state index in [1.54, 1.807) is 11.3 Å². The summed E-state index contributed by atoms with van der Waals surface area (Å²) in [6, 6.07) is 21.0. The summed E-state index contributed by atoms with van der Waals surface area (Å²) >= 11 is 1.73. The summed E-state index contributed by atoms with van der Waals surface area (Å²) in [6.07, 6.45) is 0. The molecule has 4 aromatic rings. The lowest BCUT2D eigenvalue weighted by atomic mass is 10.2. The molecule has 3 heterocycles. The predicted molar refractivity (Wildman–Crippen MR) is 130 cm³/mol. The Labute approximate surface area is 195 Å². The van der Waals surface area contributed by atoms with Crippen molar-refractivity contribution >= 4 is 27.5 Å². The minimum Gasteiger partial charge on any atom is -0.335 e. The molecule has 0 saturated carbocycles. The van der Waals surface area contributed by atoms with E-state index < -0.39 is 0 Å². The second-order valence-corrected chi connectivity index (χ2v) is 9.29. The highest BCUT2D eigenvalue weighted by Crippen LogP contribution is 2.30. The van der Waals surface area contributed by atoms with Crippen LogP contribution in [0.2, 0.25) is 0 Å². The maximum atomic E-state index is 13.1. The number of nitrogens with zero attached hydrogens (tertiary/aromatic N) is 5. The number of carbonyl (C=O) groups is 1. The van der Waals surface area contributed by atoms with Crippen LogP contribution in [0.5, 0.6) is 0 Å². The second-order valence-electron chi connectivity index (χ2n) is 8.22. The number of carbonyl (C=O) groups excluding carboxylic acids is 1. The quantitative estimate of drug-likeness (QED) is 0.457. The van der Waals surface area contributed by atoms with E-state index in [0.29, 0.717) is 25.3 Å². The summed E-state index contributed by atoms with van der Waals surface area (Å²) in [7, 11) is 0. The highest BCUT2D eigenvalue weighted by Gasteiger charge is 2.27. The van der Waals surface area contributed by atoms with E-state index >= 15 is 0 Å². The molecule has 0 N–H and O–H groups in total. The first-order chi connectivity index (χ1) is 16.1. The molecule has 168 valence electrons. The zero-order chi connectivity index (χ0) is 22.8. The molecule has 1 aliphatic heterocycles. The Morgan fingerprint density at radius 2 is 1.70 bits per heavy atom. The number of aromatic nitrogens is 3. The topological polar surface area (TPSA) is 71.3 Å². The van der Waals surface area contributed by atoms with Crippen molar-refractivity contribution in [2.24, 2.45) is 0 Å². The van der Waals surface area contributed by atoms with Crippen molar-refractivity contribution in [3.63, 3.8) is 0 Å². The molecule has 0 spiro atoms. The van der Waals surface area contributed by atoms with Gasteiger partial charge in [-0.05, 0) is 30.7 Å². The van der Waals surface area contributed by atoms with E-state index in [0.717, 1.165) is 29.2 Å². The number of benzene rings is 2. The first-order valence-electron chi connectivity index (χ1n) is 11.1. The van der Waals surface area contributed by atoms with Crippen LogP contribution in [-0.2, 0) is 6.54 Å². The molecular weight excluding hydrogens is 434 g/mol. The summed E-state index contributed by atoms with van der Waals surface area (Å²) in [5, 5.41) is 5.46. The number of fused-ring (bicyclic) bond motifs is 1. The van der Waals surface area contributed by atoms with Crippen molar-refractivity contribution in [3.8, 4) is 0 Å². The summed E-state index contributed by atoms with van der Waals surface area (Å²) in [5.41, 5.74) is 2.09. The SMILES string of the molecule is C[C@@H](c1nc2ccccc2s1)N1CCN(C(=O)c2ccc(=O)n(Cc3ccccc3)n2)CC1. The van der Waals surface area contributed by atoms with Crippen LogP contribution in [0.25, 0.3) is 10.2 Å². The Morgan fingerprint density at radius 1 is 0.970 bits per heavy atom. The normalized spacial score (nSPS) is 15.6. The first-order valence-corrected chi connectivity index (χ1v) is 11.9. The first kappa shape index (κ1) is 21.5. The van der Waals surface area contributed by atoms with Crippen LogP contribution in [0.1, 0.15) is 34.0 Å². The third-order valence-corrected chi connectivity index (χ3v) is 7.28. The average molecular weight is 460 g/mol. The fourth-order valence-corrected chi connectivity index (χ4v) is 5.19. The lowest BCUT2D eigenvalue weighted by Crippen LogP contribution is -2.49. The number of piperazine rings is 1. The van der Waals surface area contributed by atoms with E-state index in [4.69, 9.17) is 4.98 Å². The van der Waals surface area contributed by atoms with Crippen LogP contribution in [0, 0.1) is 0 Å². The van der Waals surface area contributed by atoms with Gasteiger partial charge < -0.3 is 4.90 Å². The molecule has 7 nitrogen and oxygen atoms in total. The van der Waals surface area contributed by atoms with E-state index in [9.17, 15) is 9.59 Å². The van der Waals surface area contributed by atoms with Gasteiger partial charge in [0.25, 0.3) is 11.5 Å². The van der Waals surface area contributed by atoms with Gasteiger partial charge in [-0.1, -0.05) is 42.5 Å². The molecule has 8 heteroatoms. The highest BCUT2D eigenvalue weighted by molar-refractivity contribution is 7.18. The zero-order valence-electron chi connectivity index (χ0n) is 18.4. The van der Waals surface area contributed by atoms with Crippen LogP contribution in [0.3, 0.4) is 0 Å². The average Bonchev–Trinajstić information content (AvgIpc) is 3.30. The van der Waals surface area contributed by atoms with Crippen LogP contribution in [0.4, 0.5) is 0 Å². The Bertz CT molecular complexity index is 1290. The number of para-hydroxylation sites is 1. The molecule has 0 aliphatic carbocycles. The van der Waals surface area contributed by atoms with Crippen molar-refractivity contribution < 1.29 is 4.79 Å². The van der Waals surface area contributed by atoms with E-state index in [1.807, 2.05) is 53.4 Å². The van der Waals surface area contributed by atoms with E-state index in [1.165, 1.54) is 21.5 Å². The molecule has 1 fully saturated rings. The highest BCUT2D eigenvalue weighted by atomic mass is 32.1. The Kier molecular flexibility index (Phi) is 6.02. The molecule has 0 unspecified atom stereocenters. The number of hydrogen-bond donors (Lipinski definition) is 0. The molecular formula is C25H25N5O2S. The van der Waals surface area contributed by atoms with Gasteiger partial charge in [-0.15, -0.1) is 11.3 Å². The van der Waals surface area contributed by atoms with Gasteiger partial charge in [-0.3, -0.25) is 14.5 Å². The monoisotopic (exact) mass is 459 g/mol. The Balaban J connectivity index is 1.25. The molecule has 2 aromatic carbocycles. The molecule has 33 heavy (non-hydrogen) atoms. The van der Waals surface area contributed by atoms with Crippen molar-refractivity contribution in [1.29, 1.82) is 0 Å². The molecule has 1 atom stereocenters. The van der Waals surface area contributed by atoms with Crippen molar-refractivity contribution in [2.45, 2.75) is 19.5 Å². The third-order valence-electron chi connectivity index (χ3n) is 6.08. The van der Waals surface area contributed by atoms with E-state index in [2.05, 4.69) is 23.0 Å². The standard InChI is InChI=1S/C25H25N5O2S/c1-18(24-26-20-9-5-6-10-22(20)33-24)28-13-15-29(16-14-28)25(32)21-11-12-23(31)30(27-21)17-19-7-3-2-4-8-19/h2-12,18H,13-17H2,1H3/t18-/m0/s1. The van der Waals surface area contributed by atoms with Gasteiger partial charge in [-0.2, -0.15) is 5.10 Å². The van der Waals surface area contributed by atoms with Crippen molar-refractivity contribution in [3.05, 3.63) is 93.3 Å². The van der Waals surface area contributed by atoms with Gasteiger partial charge in [0.15, 0.2) is 0 Å². The lowest BCUT2D eigenvalue weighted by molar-refractivity contribution is 0.0574. The molecule has 1 amide bonds. The number of rotatable bonds is 5. The van der Waals surface area contributed by atoms with Gasteiger partial charge in [-0.25, -0.2) is 9.67 Å². The fraction of sp³-hybridized carbons (Fsp3) is 0.280. The van der Waals surface area contributed by atoms with Gasteiger partial charge >= 0.3 is 0 Å². The van der Waals surface area contributed by atoms with E-state index in [-0.39, 0.29) is 17.5 Å². The van der Waals surface area contributed by atoms with Gasteiger partial charge in [0.1, 0.15) is 10.7 Å². The number of amides is 1. The molecule has 1 aliphatic rings. The largest absolute Gasteiger partial charge is 0.335 e. The molecule has 0 bridgehead atoms. The molecule has 1 saturated heterocycles. The minimum absolute atomic E-state index is 0.135. The maximum Gasteiger partial charge on any atom is 0.274 e. The number of hydrogen-bond acceptors (Lipinski definition) is 6. The predicted octanol–water partition coefficient (Wildman–Crippen LogP) is 3.42. The van der Waals surface area contributed by atoms with Gasteiger partial charge in [0, 0.05) is 32.2 Å². The van der Waals surface area contributed by atoms with Crippen LogP contribution < -0.4 is 5.56 Å². The molecule has 2 aromatic heterocycles. The van der Waals surface area contributed by atoms with Gasteiger partial charge in [0.2, 0.25) is 0 Å².